The molecule has 0 aliphatic carbocycles. The SMILES string of the molecule is CCCOB(O)OCC(C)(C)C. The van der Waals surface area contributed by atoms with Gasteiger partial charge in [-0.15, -0.1) is 0 Å². The van der Waals surface area contributed by atoms with Gasteiger partial charge in [-0.2, -0.15) is 0 Å². The van der Waals surface area contributed by atoms with Crippen LogP contribution >= 0.6 is 0 Å². The topological polar surface area (TPSA) is 38.7 Å². The normalized spacial score (nSPS) is 11.8. The van der Waals surface area contributed by atoms with Crippen molar-refractivity contribution in [1.82, 2.24) is 0 Å². The molecule has 0 amide bonds. The summed E-state index contributed by atoms with van der Waals surface area (Å²) in [6, 6.07) is 0. The second kappa shape index (κ2) is 5.57. The molecule has 4 heteroatoms. The predicted molar refractivity (Wildman–Crippen MR) is 49.6 cm³/mol. The third-order valence-electron chi connectivity index (χ3n) is 1.12. The van der Waals surface area contributed by atoms with Crippen molar-refractivity contribution in [2.24, 2.45) is 5.41 Å². The lowest BCUT2D eigenvalue weighted by molar-refractivity contribution is 0.0950. The van der Waals surface area contributed by atoms with E-state index in [4.69, 9.17) is 14.3 Å². The second-order valence-electron chi connectivity index (χ2n) is 4.05. The lowest BCUT2D eigenvalue weighted by Gasteiger charge is -2.19. The first kappa shape index (κ1) is 11.9. The molecule has 0 saturated carbocycles. The first-order chi connectivity index (χ1) is 5.45. The highest BCUT2D eigenvalue weighted by molar-refractivity contribution is 6.34. The van der Waals surface area contributed by atoms with Crippen LogP contribution in [0.1, 0.15) is 34.1 Å². The van der Waals surface area contributed by atoms with Gasteiger partial charge in [0.1, 0.15) is 0 Å². The van der Waals surface area contributed by atoms with E-state index in [2.05, 4.69) is 0 Å². The highest BCUT2D eigenvalue weighted by Crippen LogP contribution is 2.13. The van der Waals surface area contributed by atoms with Gasteiger partial charge in [-0.3, -0.25) is 0 Å². The Morgan fingerprint density at radius 3 is 2.25 bits per heavy atom. The Bertz CT molecular complexity index is 111. The smallest absolute Gasteiger partial charge is 0.402 e. The molecule has 0 rings (SSSR count). The summed E-state index contributed by atoms with van der Waals surface area (Å²) < 4.78 is 9.96. The fourth-order valence-electron chi connectivity index (χ4n) is 0.588. The van der Waals surface area contributed by atoms with Crippen molar-refractivity contribution < 1.29 is 14.3 Å². The summed E-state index contributed by atoms with van der Waals surface area (Å²) in [5.74, 6) is 0. The lowest BCUT2D eigenvalue weighted by atomic mass is 9.98. The van der Waals surface area contributed by atoms with Gasteiger partial charge < -0.3 is 14.3 Å². The fourth-order valence-corrected chi connectivity index (χ4v) is 0.588. The maximum absolute atomic E-state index is 9.10. The summed E-state index contributed by atoms with van der Waals surface area (Å²) in [5.41, 5.74) is 0.0660. The van der Waals surface area contributed by atoms with Gasteiger partial charge in [-0.25, -0.2) is 0 Å². The summed E-state index contributed by atoms with van der Waals surface area (Å²) in [5, 5.41) is 9.10. The average Bonchev–Trinajstić information content (AvgIpc) is 1.95. The number of hydrogen-bond donors (Lipinski definition) is 1. The van der Waals surface area contributed by atoms with Crippen LogP contribution in [-0.2, 0) is 9.31 Å². The lowest BCUT2D eigenvalue weighted by Crippen LogP contribution is -2.28. The summed E-state index contributed by atoms with van der Waals surface area (Å²) in [7, 11) is -1.07. The van der Waals surface area contributed by atoms with Crippen LogP contribution in [0.2, 0.25) is 0 Å². The summed E-state index contributed by atoms with van der Waals surface area (Å²) in [6.07, 6.45) is 0.885. The monoisotopic (exact) mass is 174 g/mol. The van der Waals surface area contributed by atoms with E-state index in [1.54, 1.807) is 0 Å². The molecule has 1 N–H and O–H groups in total. The zero-order valence-electron chi connectivity index (χ0n) is 8.46. The Morgan fingerprint density at radius 1 is 1.25 bits per heavy atom. The van der Waals surface area contributed by atoms with Crippen molar-refractivity contribution in [1.29, 1.82) is 0 Å². The van der Waals surface area contributed by atoms with Crippen molar-refractivity contribution in [2.45, 2.75) is 34.1 Å². The largest absolute Gasteiger partial charge is 0.636 e. The van der Waals surface area contributed by atoms with Crippen molar-refractivity contribution in [2.75, 3.05) is 13.2 Å². The molecule has 3 nitrogen and oxygen atoms in total. The van der Waals surface area contributed by atoms with Gasteiger partial charge in [0.15, 0.2) is 0 Å². The quantitative estimate of drug-likeness (QED) is 0.641. The molecule has 0 spiro atoms. The van der Waals surface area contributed by atoms with E-state index < -0.39 is 7.32 Å². The summed E-state index contributed by atoms with van der Waals surface area (Å²) >= 11 is 0. The Hall–Kier alpha value is -0.0551. The van der Waals surface area contributed by atoms with Crippen LogP contribution in [-0.4, -0.2) is 25.6 Å². The first-order valence-corrected chi connectivity index (χ1v) is 4.37. The van der Waals surface area contributed by atoms with Crippen LogP contribution in [0.15, 0.2) is 0 Å². The van der Waals surface area contributed by atoms with E-state index in [0.29, 0.717) is 13.2 Å². The molecule has 0 fully saturated rings. The van der Waals surface area contributed by atoms with Crippen molar-refractivity contribution in [3.05, 3.63) is 0 Å². The standard InChI is InChI=1S/C8H19BO3/c1-5-6-11-9(10)12-7-8(2,3)4/h10H,5-7H2,1-4H3. The van der Waals surface area contributed by atoms with Crippen LogP contribution in [0.4, 0.5) is 0 Å². The van der Waals surface area contributed by atoms with Crippen molar-refractivity contribution in [3.8, 4) is 0 Å². The third-order valence-corrected chi connectivity index (χ3v) is 1.12. The van der Waals surface area contributed by atoms with E-state index in [0.717, 1.165) is 6.42 Å². The fraction of sp³-hybridized carbons (Fsp3) is 1.00. The molecule has 0 atom stereocenters. The molecule has 0 saturated heterocycles. The Balaban J connectivity index is 3.37. The summed E-state index contributed by atoms with van der Waals surface area (Å²) in [4.78, 5) is 0. The Labute approximate surface area is 75.2 Å². The zero-order valence-corrected chi connectivity index (χ0v) is 8.46. The minimum Gasteiger partial charge on any atom is -0.402 e. The average molecular weight is 174 g/mol. The van der Waals surface area contributed by atoms with Crippen LogP contribution in [0.5, 0.6) is 0 Å². The number of hydrogen-bond acceptors (Lipinski definition) is 3. The van der Waals surface area contributed by atoms with E-state index in [1.807, 2.05) is 27.7 Å². The van der Waals surface area contributed by atoms with Gasteiger partial charge in [0.2, 0.25) is 0 Å². The van der Waals surface area contributed by atoms with Crippen molar-refractivity contribution >= 4 is 7.32 Å². The molecule has 0 aromatic rings. The van der Waals surface area contributed by atoms with Gasteiger partial charge in [0.25, 0.3) is 0 Å². The molecular formula is C8H19BO3. The molecule has 0 radical (unpaired) electrons. The maximum Gasteiger partial charge on any atom is 0.636 e. The van der Waals surface area contributed by atoms with Crippen LogP contribution in [0.3, 0.4) is 0 Å². The van der Waals surface area contributed by atoms with Gasteiger partial charge in [-0.05, 0) is 11.8 Å². The van der Waals surface area contributed by atoms with Gasteiger partial charge in [0.05, 0.1) is 0 Å². The maximum atomic E-state index is 9.10. The zero-order chi connectivity index (χ0) is 9.61. The molecule has 0 aliphatic heterocycles. The molecule has 0 aliphatic rings. The predicted octanol–water partition coefficient (Wildman–Crippen LogP) is 1.45. The van der Waals surface area contributed by atoms with E-state index in [-0.39, 0.29) is 5.41 Å². The molecule has 0 heterocycles. The minimum absolute atomic E-state index is 0.0660. The molecule has 0 aromatic heterocycles. The highest BCUT2D eigenvalue weighted by Gasteiger charge is 2.19. The Kier molecular flexibility index (Phi) is 5.54. The minimum atomic E-state index is -1.07. The van der Waals surface area contributed by atoms with Crippen LogP contribution in [0.25, 0.3) is 0 Å². The van der Waals surface area contributed by atoms with Gasteiger partial charge in [0, 0.05) is 13.2 Å². The molecular weight excluding hydrogens is 155 g/mol. The van der Waals surface area contributed by atoms with Crippen molar-refractivity contribution in [3.63, 3.8) is 0 Å². The van der Waals surface area contributed by atoms with Crippen LogP contribution < -0.4 is 0 Å². The molecule has 72 valence electrons. The van der Waals surface area contributed by atoms with Gasteiger partial charge >= 0.3 is 7.32 Å². The molecule has 12 heavy (non-hydrogen) atoms. The third kappa shape index (κ3) is 8.05. The second-order valence-corrected chi connectivity index (χ2v) is 4.05. The van der Waals surface area contributed by atoms with E-state index >= 15 is 0 Å². The molecule has 0 unspecified atom stereocenters. The Morgan fingerprint density at radius 2 is 1.83 bits per heavy atom. The van der Waals surface area contributed by atoms with E-state index in [1.165, 1.54) is 0 Å². The summed E-state index contributed by atoms with van der Waals surface area (Å²) in [6.45, 7) is 9.14. The van der Waals surface area contributed by atoms with Crippen LogP contribution in [0, 0.1) is 5.41 Å². The first-order valence-electron chi connectivity index (χ1n) is 4.37. The number of rotatable bonds is 5. The molecule has 0 aromatic carbocycles. The van der Waals surface area contributed by atoms with E-state index in [9.17, 15) is 0 Å². The van der Waals surface area contributed by atoms with Gasteiger partial charge in [-0.1, -0.05) is 27.7 Å². The highest BCUT2D eigenvalue weighted by atomic mass is 16.7. The molecule has 0 bridgehead atoms.